The Morgan fingerprint density at radius 3 is 2.00 bits per heavy atom. The number of rotatable bonds is 18. The van der Waals surface area contributed by atoms with Crippen LogP contribution in [0.25, 0.3) is 0 Å². The van der Waals surface area contributed by atoms with E-state index in [-0.39, 0.29) is 62.7 Å². The molecule has 1 atom stereocenters. The Balaban J connectivity index is 5.74. The molecule has 206 valence electrons. The summed E-state index contributed by atoms with van der Waals surface area (Å²) in [5.41, 5.74) is 4.36. The van der Waals surface area contributed by atoms with E-state index < -0.39 is 29.1 Å². The molecule has 0 aromatic rings. The lowest BCUT2D eigenvalue weighted by Crippen LogP contribution is -2.70. The van der Waals surface area contributed by atoms with E-state index in [0.717, 1.165) is 5.12 Å². The summed E-state index contributed by atoms with van der Waals surface area (Å²) in [6, 6.07) is 0. The molecule has 0 saturated heterocycles. The summed E-state index contributed by atoms with van der Waals surface area (Å²) >= 11 is 0. The lowest BCUT2D eigenvalue weighted by atomic mass is 10.1. The summed E-state index contributed by atoms with van der Waals surface area (Å²) in [7, 11) is 0. The van der Waals surface area contributed by atoms with Crippen LogP contribution in [0.3, 0.4) is 0 Å². The number of hydrogen-bond acceptors (Lipinski definition) is 8. The third kappa shape index (κ3) is 12.7. The zero-order valence-electron chi connectivity index (χ0n) is 22.7. The lowest BCUT2D eigenvalue weighted by molar-refractivity contribution is -0.142. The fourth-order valence-electron chi connectivity index (χ4n) is 2.90. The van der Waals surface area contributed by atoms with Gasteiger partial charge in [0.2, 0.25) is 17.7 Å². The van der Waals surface area contributed by atoms with Crippen molar-refractivity contribution in [2.75, 3.05) is 6.54 Å². The molecule has 4 amide bonds. The van der Waals surface area contributed by atoms with E-state index in [0.29, 0.717) is 12.7 Å². The van der Waals surface area contributed by atoms with Gasteiger partial charge in [0.15, 0.2) is 5.79 Å². The second-order valence-electron chi connectivity index (χ2n) is 9.51. The minimum Gasteiger partial charge on any atom is -0.316 e. The topological polar surface area (TPSA) is 166 Å². The van der Waals surface area contributed by atoms with Gasteiger partial charge in [-0.15, -0.1) is 0 Å². The molecule has 0 aromatic carbocycles. The Morgan fingerprint density at radius 2 is 1.50 bits per heavy atom. The van der Waals surface area contributed by atoms with Crippen molar-refractivity contribution in [3.05, 3.63) is 0 Å². The molecule has 0 aliphatic rings. The van der Waals surface area contributed by atoms with E-state index in [4.69, 9.17) is 0 Å². The van der Waals surface area contributed by atoms with Crippen LogP contribution >= 0.6 is 0 Å². The van der Waals surface area contributed by atoms with E-state index in [2.05, 4.69) is 26.8 Å². The Hall–Kier alpha value is -2.86. The van der Waals surface area contributed by atoms with Crippen LogP contribution in [-0.2, 0) is 28.8 Å². The molecular formula is C24H44N6O6. The van der Waals surface area contributed by atoms with Gasteiger partial charge in [0.05, 0.1) is 12.1 Å². The maximum Gasteiger partial charge on any atom is 0.251 e. The Kier molecular flexibility index (Phi) is 14.7. The maximum atomic E-state index is 13.0. The first-order valence-electron chi connectivity index (χ1n) is 12.5. The van der Waals surface area contributed by atoms with Gasteiger partial charge in [-0.3, -0.25) is 24.0 Å². The van der Waals surface area contributed by atoms with Crippen LogP contribution in [0.5, 0.6) is 0 Å². The number of nitrogens with zero attached hydrogens (tertiary/aromatic N) is 1. The van der Waals surface area contributed by atoms with E-state index in [1.54, 1.807) is 41.5 Å². The van der Waals surface area contributed by atoms with Gasteiger partial charge < -0.3 is 20.7 Å². The highest BCUT2D eigenvalue weighted by Gasteiger charge is 2.36. The number of nitrogens with one attached hydrogen (secondary N) is 5. The van der Waals surface area contributed by atoms with E-state index in [9.17, 15) is 28.8 Å². The normalized spacial score (nSPS) is 12.9. The monoisotopic (exact) mass is 512 g/mol. The molecule has 5 N–H and O–H groups in total. The van der Waals surface area contributed by atoms with E-state index in [1.165, 1.54) is 0 Å². The van der Waals surface area contributed by atoms with Crippen molar-refractivity contribution in [1.82, 2.24) is 31.9 Å². The van der Waals surface area contributed by atoms with Gasteiger partial charge in [-0.1, -0.05) is 34.6 Å². The minimum atomic E-state index is -1.58. The number of Topliss-reactive ketones (excluding diaryl/α,β-unsaturated/α-hetero) is 1. The standard InChI is InChI=1S/C24H44N6O6/c1-8-12-20(34)27-24(26-19(33)10-3,28-22(36)17(4)5)14-11-13-21(35)30(25-15-18(32)9-2)29-23(6,7)16-31/h16-17,25,29H,8-15H2,1-7H3,(H,26,33)(H,27,34)(H,28,36). The first kappa shape index (κ1) is 33.1. The Bertz CT molecular complexity index is 785. The third-order valence-electron chi connectivity index (χ3n) is 5.08. The number of ketones is 1. The van der Waals surface area contributed by atoms with Crippen molar-refractivity contribution in [1.29, 1.82) is 0 Å². The number of hydrazine groups is 2. The molecule has 0 fully saturated rings. The van der Waals surface area contributed by atoms with Crippen LogP contribution in [0.2, 0.25) is 0 Å². The molecule has 0 rings (SSSR count). The fourth-order valence-corrected chi connectivity index (χ4v) is 2.90. The van der Waals surface area contributed by atoms with Gasteiger partial charge in [0.25, 0.3) is 5.91 Å². The summed E-state index contributed by atoms with van der Waals surface area (Å²) in [5.74, 6) is -3.73. The molecule has 0 bridgehead atoms. The van der Waals surface area contributed by atoms with Gasteiger partial charge >= 0.3 is 0 Å². The largest absolute Gasteiger partial charge is 0.316 e. The average molecular weight is 513 g/mol. The number of carbonyl (C=O) groups is 6. The summed E-state index contributed by atoms with van der Waals surface area (Å²) in [6.45, 7) is 11.6. The second-order valence-corrected chi connectivity index (χ2v) is 9.51. The first-order valence-corrected chi connectivity index (χ1v) is 12.5. The van der Waals surface area contributed by atoms with E-state index in [1.807, 2.05) is 6.92 Å². The molecule has 0 aromatic heterocycles. The molecule has 1 unspecified atom stereocenters. The molecule has 0 spiro atoms. The third-order valence-corrected chi connectivity index (χ3v) is 5.08. The Morgan fingerprint density at radius 1 is 0.889 bits per heavy atom. The molecule has 0 aliphatic heterocycles. The smallest absolute Gasteiger partial charge is 0.251 e. The van der Waals surface area contributed by atoms with Gasteiger partial charge in [-0.2, -0.15) is 0 Å². The molecule has 0 saturated carbocycles. The molecule has 0 heterocycles. The fraction of sp³-hybridized carbons (Fsp3) is 0.750. The number of hydrogen-bond donors (Lipinski definition) is 5. The highest BCUT2D eigenvalue weighted by atomic mass is 16.2. The summed E-state index contributed by atoms with van der Waals surface area (Å²) in [4.78, 5) is 73.4. The minimum absolute atomic E-state index is 0.0250. The van der Waals surface area contributed by atoms with Gasteiger partial charge in [0, 0.05) is 38.0 Å². The van der Waals surface area contributed by atoms with Crippen molar-refractivity contribution in [3.63, 3.8) is 0 Å². The maximum absolute atomic E-state index is 13.0. The van der Waals surface area contributed by atoms with Crippen LogP contribution in [0.15, 0.2) is 0 Å². The van der Waals surface area contributed by atoms with Crippen LogP contribution in [0.1, 0.15) is 93.4 Å². The number of carbonyl (C=O) groups excluding carboxylic acids is 6. The van der Waals surface area contributed by atoms with Crippen LogP contribution in [-0.4, -0.2) is 58.7 Å². The van der Waals surface area contributed by atoms with Gasteiger partial charge in [-0.25, -0.2) is 16.0 Å². The molecule has 12 nitrogen and oxygen atoms in total. The van der Waals surface area contributed by atoms with Gasteiger partial charge in [-0.05, 0) is 26.7 Å². The summed E-state index contributed by atoms with van der Waals surface area (Å²) in [6.07, 6.45) is 1.87. The number of amides is 4. The van der Waals surface area contributed by atoms with Gasteiger partial charge in [0.1, 0.15) is 12.1 Å². The average Bonchev–Trinajstić information content (AvgIpc) is 2.81. The van der Waals surface area contributed by atoms with E-state index >= 15 is 0 Å². The molecule has 0 aliphatic carbocycles. The van der Waals surface area contributed by atoms with Crippen LogP contribution in [0.4, 0.5) is 0 Å². The van der Waals surface area contributed by atoms with Crippen molar-refractivity contribution >= 4 is 35.7 Å². The highest BCUT2D eigenvalue weighted by Crippen LogP contribution is 2.13. The molecule has 0 radical (unpaired) electrons. The van der Waals surface area contributed by atoms with Crippen molar-refractivity contribution < 1.29 is 28.8 Å². The molecule has 36 heavy (non-hydrogen) atoms. The van der Waals surface area contributed by atoms with Crippen molar-refractivity contribution in [2.24, 2.45) is 5.92 Å². The second kappa shape index (κ2) is 16.0. The van der Waals surface area contributed by atoms with Crippen LogP contribution in [0, 0.1) is 5.92 Å². The van der Waals surface area contributed by atoms with Crippen molar-refractivity contribution in [2.45, 2.75) is 105 Å². The molecule has 12 heteroatoms. The summed E-state index contributed by atoms with van der Waals surface area (Å²) < 4.78 is 0. The van der Waals surface area contributed by atoms with Crippen molar-refractivity contribution in [3.8, 4) is 0 Å². The predicted octanol–water partition coefficient (Wildman–Crippen LogP) is 0.820. The highest BCUT2D eigenvalue weighted by molar-refractivity contribution is 5.84. The predicted molar refractivity (Wildman–Crippen MR) is 134 cm³/mol. The molecular weight excluding hydrogens is 468 g/mol. The lowest BCUT2D eigenvalue weighted by Gasteiger charge is -2.37. The van der Waals surface area contributed by atoms with Crippen LogP contribution < -0.4 is 26.8 Å². The quantitative estimate of drug-likeness (QED) is 0.102. The Labute approximate surface area is 214 Å². The summed E-state index contributed by atoms with van der Waals surface area (Å²) in [5, 5.41) is 9.18. The zero-order valence-corrected chi connectivity index (χ0v) is 22.7. The number of aldehydes is 1. The first-order chi connectivity index (χ1) is 16.7. The zero-order chi connectivity index (χ0) is 27.9. The SMILES string of the molecule is CCCC(=O)NC(CCCC(=O)N(NCC(=O)CC)NC(C)(C)C=O)(NC(=O)CC)NC(=O)C(C)C.